The minimum atomic E-state index is -0.244. The number of rotatable bonds is 6. The highest BCUT2D eigenvalue weighted by molar-refractivity contribution is 6.23. The Morgan fingerprint density at radius 3 is 2.61 bits per heavy atom. The molecule has 7 nitrogen and oxygen atoms in total. The highest BCUT2D eigenvalue weighted by Gasteiger charge is 2.39. The van der Waals surface area contributed by atoms with Crippen LogP contribution in [0.25, 0.3) is 0 Å². The van der Waals surface area contributed by atoms with Gasteiger partial charge in [-0.25, -0.2) is 0 Å². The molecule has 2 atom stereocenters. The molecule has 2 aromatic rings. The molecule has 0 radical (unpaired) electrons. The molecule has 190 valence electrons. The van der Waals surface area contributed by atoms with Gasteiger partial charge in [-0.3, -0.25) is 19.3 Å². The van der Waals surface area contributed by atoms with Gasteiger partial charge in [0.25, 0.3) is 11.8 Å². The molecule has 2 aromatic carbocycles. The van der Waals surface area contributed by atoms with Gasteiger partial charge in [0, 0.05) is 32.7 Å². The second kappa shape index (κ2) is 10.3. The van der Waals surface area contributed by atoms with Crippen LogP contribution < -0.4 is 9.64 Å². The molecule has 0 bridgehead atoms. The van der Waals surface area contributed by atoms with Crippen molar-refractivity contribution in [2.45, 2.75) is 39.0 Å². The topological polar surface area (TPSA) is 70.2 Å². The molecule has 0 aliphatic carbocycles. The zero-order chi connectivity index (χ0) is 25.2. The quantitative estimate of drug-likeness (QED) is 0.574. The van der Waals surface area contributed by atoms with Gasteiger partial charge in [0.05, 0.1) is 29.8 Å². The van der Waals surface area contributed by atoms with Crippen molar-refractivity contribution in [1.82, 2.24) is 9.80 Å². The van der Waals surface area contributed by atoms with Crippen molar-refractivity contribution in [3.63, 3.8) is 0 Å². The second-order valence-corrected chi connectivity index (χ2v) is 10.4. The maximum atomic E-state index is 13.5. The Hall–Kier alpha value is -3.35. The Morgan fingerprint density at radius 1 is 1.00 bits per heavy atom. The SMILES string of the molecule is COc1cccc(CCN2C(=O)c3cccc(N4CCCC(C(=O)N5CCCC(C)C5)C4)c3C2=O)c1. The third kappa shape index (κ3) is 4.71. The first-order valence-electron chi connectivity index (χ1n) is 13.1. The van der Waals surface area contributed by atoms with Gasteiger partial charge in [-0.1, -0.05) is 25.1 Å². The molecule has 3 heterocycles. The van der Waals surface area contributed by atoms with E-state index in [0.29, 0.717) is 36.6 Å². The number of carbonyl (C=O) groups excluding carboxylic acids is 3. The largest absolute Gasteiger partial charge is 0.497 e. The highest BCUT2D eigenvalue weighted by Crippen LogP contribution is 2.35. The van der Waals surface area contributed by atoms with E-state index < -0.39 is 0 Å². The van der Waals surface area contributed by atoms with Crippen molar-refractivity contribution in [2.75, 3.05) is 44.7 Å². The van der Waals surface area contributed by atoms with Gasteiger partial charge < -0.3 is 14.5 Å². The first-order chi connectivity index (χ1) is 17.5. The molecule has 3 aliphatic rings. The van der Waals surface area contributed by atoms with Crippen LogP contribution in [-0.4, -0.2) is 67.4 Å². The van der Waals surface area contributed by atoms with Crippen molar-refractivity contribution in [1.29, 1.82) is 0 Å². The lowest BCUT2D eigenvalue weighted by atomic mass is 9.93. The van der Waals surface area contributed by atoms with Crippen molar-refractivity contribution in [2.24, 2.45) is 11.8 Å². The van der Waals surface area contributed by atoms with Crippen LogP contribution in [0.2, 0.25) is 0 Å². The van der Waals surface area contributed by atoms with E-state index >= 15 is 0 Å². The zero-order valence-corrected chi connectivity index (χ0v) is 21.2. The first-order valence-corrected chi connectivity index (χ1v) is 13.1. The number of amides is 3. The van der Waals surface area contributed by atoms with E-state index in [1.807, 2.05) is 41.3 Å². The van der Waals surface area contributed by atoms with E-state index in [-0.39, 0.29) is 23.6 Å². The molecular weight excluding hydrogens is 454 g/mol. The van der Waals surface area contributed by atoms with E-state index in [2.05, 4.69) is 11.8 Å². The van der Waals surface area contributed by atoms with Crippen molar-refractivity contribution in [3.8, 4) is 5.75 Å². The summed E-state index contributed by atoms with van der Waals surface area (Å²) < 4.78 is 5.29. The average molecular weight is 490 g/mol. The average Bonchev–Trinajstić information content (AvgIpc) is 3.16. The Balaban J connectivity index is 1.31. The van der Waals surface area contributed by atoms with Gasteiger partial charge in [0.2, 0.25) is 5.91 Å². The number of methoxy groups -OCH3 is 1. The van der Waals surface area contributed by atoms with Crippen LogP contribution in [0.15, 0.2) is 42.5 Å². The van der Waals surface area contributed by atoms with Crippen LogP contribution in [-0.2, 0) is 11.2 Å². The van der Waals surface area contributed by atoms with Crippen LogP contribution in [0.4, 0.5) is 5.69 Å². The molecule has 2 saturated heterocycles. The third-order valence-electron chi connectivity index (χ3n) is 7.82. The number of benzene rings is 2. The van der Waals surface area contributed by atoms with E-state index in [1.165, 1.54) is 11.3 Å². The molecule has 0 aromatic heterocycles. The molecule has 2 fully saturated rings. The number of ether oxygens (including phenoxy) is 1. The number of imide groups is 1. The lowest BCUT2D eigenvalue weighted by molar-refractivity contribution is -0.137. The summed E-state index contributed by atoms with van der Waals surface area (Å²) >= 11 is 0. The number of fused-ring (bicyclic) bond motifs is 1. The van der Waals surface area contributed by atoms with Gasteiger partial charge in [-0.15, -0.1) is 0 Å². The summed E-state index contributed by atoms with van der Waals surface area (Å²) in [7, 11) is 1.62. The molecule has 3 aliphatic heterocycles. The first kappa shape index (κ1) is 24.3. The van der Waals surface area contributed by atoms with E-state index in [9.17, 15) is 14.4 Å². The maximum Gasteiger partial charge on any atom is 0.263 e. The van der Waals surface area contributed by atoms with Crippen LogP contribution in [0, 0.1) is 11.8 Å². The van der Waals surface area contributed by atoms with Crippen LogP contribution in [0.3, 0.4) is 0 Å². The standard InChI is InChI=1S/C29H35N3O4/c1-20-7-5-15-31(18-20)27(33)22-9-6-14-30(19-22)25-12-4-11-24-26(25)29(35)32(28(24)34)16-13-21-8-3-10-23(17-21)36-2/h3-4,8,10-12,17,20,22H,5-7,9,13-16,18-19H2,1-2H3. The number of anilines is 1. The fourth-order valence-electron chi connectivity index (χ4n) is 5.90. The minimum Gasteiger partial charge on any atom is -0.497 e. The Bertz CT molecular complexity index is 1160. The Kier molecular flexibility index (Phi) is 6.99. The number of carbonyl (C=O) groups is 3. The van der Waals surface area contributed by atoms with E-state index in [1.54, 1.807) is 13.2 Å². The van der Waals surface area contributed by atoms with Crippen molar-refractivity contribution >= 4 is 23.4 Å². The minimum absolute atomic E-state index is 0.0729. The summed E-state index contributed by atoms with van der Waals surface area (Å²) in [5.41, 5.74) is 2.73. The smallest absolute Gasteiger partial charge is 0.263 e. The molecule has 3 amide bonds. The van der Waals surface area contributed by atoms with Gasteiger partial charge in [0.1, 0.15) is 5.75 Å². The molecule has 0 N–H and O–H groups in total. The Morgan fingerprint density at radius 2 is 1.81 bits per heavy atom. The van der Waals surface area contributed by atoms with Crippen LogP contribution >= 0.6 is 0 Å². The fraction of sp³-hybridized carbons (Fsp3) is 0.483. The lowest BCUT2D eigenvalue weighted by Crippen LogP contribution is -2.48. The normalized spacial score (nSPS) is 22.1. The number of piperidine rings is 2. The third-order valence-corrected chi connectivity index (χ3v) is 7.82. The maximum absolute atomic E-state index is 13.5. The number of nitrogens with zero attached hydrogens (tertiary/aromatic N) is 3. The second-order valence-electron chi connectivity index (χ2n) is 10.4. The lowest BCUT2D eigenvalue weighted by Gasteiger charge is -2.38. The van der Waals surface area contributed by atoms with Gasteiger partial charge in [0.15, 0.2) is 0 Å². The Labute approximate surface area is 213 Å². The number of hydrogen-bond acceptors (Lipinski definition) is 5. The molecular formula is C29H35N3O4. The summed E-state index contributed by atoms with van der Waals surface area (Å²) in [6, 6.07) is 13.2. The molecule has 0 saturated carbocycles. The predicted octanol–water partition coefficient (Wildman–Crippen LogP) is 4.01. The fourth-order valence-corrected chi connectivity index (χ4v) is 5.90. The molecule has 0 spiro atoms. The highest BCUT2D eigenvalue weighted by atomic mass is 16.5. The van der Waals surface area contributed by atoms with E-state index in [4.69, 9.17) is 4.74 Å². The summed E-state index contributed by atoms with van der Waals surface area (Å²) in [6.07, 6.45) is 4.57. The number of likely N-dealkylation sites (tertiary alicyclic amines) is 1. The predicted molar refractivity (Wildman–Crippen MR) is 138 cm³/mol. The van der Waals surface area contributed by atoms with Crippen LogP contribution in [0.1, 0.15) is 58.9 Å². The molecule has 2 unspecified atom stereocenters. The monoisotopic (exact) mass is 489 g/mol. The van der Waals surface area contributed by atoms with Gasteiger partial charge >= 0.3 is 0 Å². The van der Waals surface area contributed by atoms with E-state index in [0.717, 1.165) is 55.9 Å². The molecule has 5 rings (SSSR count). The van der Waals surface area contributed by atoms with Crippen LogP contribution in [0.5, 0.6) is 5.75 Å². The molecule has 36 heavy (non-hydrogen) atoms. The summed E-state index contributed by atoms with van der Waals surface area (Å²) in [4.78, 5) is 45.5. The number of hydrogen-bond donors (Lipinski definition) is 0. The zero-order valence-electron chi connectivity index (χ0n) is 21.2. The summed E-state index contributed by atoms with van der Waals surface area (Å²) in [5.74, 6) is 0.979. The molecule has 7 heteroatoms. The van der Waals surface area contributed by atoms with Crippen molar-refractivity contribution in [3.05, 3.63) is 59.2 Å². The van der Waals surface area contributed by atoms with Gasteiger partial charge in [-0.2, -0.15) is 0 Å². The van der Waals surface area contributed by atoms with Gasteiger partial charge in [-0.05, 0) is 67.9 Å². The summed E-state index contributed by atoms with van der Waals surface area (Å²) in [6.45, 7) is 5.57. The summed E-state index contributed by atoms with van der Waals surface area (Å²) in [5, 5.41) is 0. The van der Waals surface area contributed by atoms with Crippen molar-refractivity contribution < 1.29 is 19.1 Å².